The Balaban J connectivity index is 2.58. The van der Waals surface area contributed by atoms with Gasteiger partial charge in [0.1, 0.15) is 5.75 Å². The Hall–Kier alpha value is -2.30. The molecule has 1 aromatic carbocycles. The number of ether oxygens (including phenoxy) is 3. The fourth-order valence-corrected chi connectivity index (χ4v) is 3.10. The van der Waals surface area contributed by atoms with Crippen molar-refractivity contribution in [2.24, 2.45) is 5.41 Å². The van der Waals surface area contributed by atoms with Crippen LogP contribution < -0.4 is 4.74 Å². The molecule has 0 aromatic heterocycles. The summed E-state index contributed by atoms with van der Waals surface area (Å²) in [6, 6.07) is 5.64. The van der Waals surface area contributed by atoms with E-state index in [0.29, 0.717) is 5.75 Å². The lowest BCUT2D eigenvalue weighted by Gasteiger charge is -2.36. The number of methoxy groups -OCH3 is 3. The number of carbonyl (C=O) groups excluding carboxylic acids is 2. The molecule has 5 nitrogen and oxygen atoms in total. The van der Waals surface area contributed by atoms with Crippen LogP contribution in [-0.2, 0) is 25.5 Å². The summed E-state index contributed by atoms with van der Waals surface area (Å²) in [5.41, 5.74) is 0.562. The van der Waals surface area contributed by atoms with Gasteiger partial charge in [0.2, 0.25) is 0 Å². The van der Waals surface area contributed by atoms with Crippen LogP contribution in [0.3, 0.4) is 0 Å². The monoisotopic (exact) mass is 304 g/mol. The van der Waals surface area contributed by atoms with Gasteiger partial charge in [-0.2, -0.15) is 0 Å². The number of rotatable bonds is 4. The van der Waals surface area contributed by atoms with Crippen molar-refractivity contribution in [1.29, 1.82) is 0 Å². The maximum atomic E-state index is 12.3. The Morgan fingerprint density at radius 1 is 1.23 bits per heavy atom. The molecule has 0 heterocycles. The highest BCUT2D eigenvalue weighted by atomic mass is 16.5. The van der Waals surface area contributed by atoms with E-state index in [1.54, 1.807) is 13.2 Å². The number of hydrogen-bond donors (Lipinski definition) is 0. The topological polar surface area (TPSA) is 61.8 Å². The highest BCUT2D eigenvalue weighted by Crippen LogP contribution is 2.45. The lowest BCUT2D eigenvalue weighted by atomic mass is 9.67. The van der Waals surface area contributed by atoms with Gasteiger partial charge in [-0.1, -0.05) is 12.1 Å². The third-order valence-electron chi connectivity index (χ3n) is 4.25. The summed E-state index contributed by atoms with van der Waals surface area (Å²) in [7, 11) is 4.12. The molecule has 0 N–H and O–H groups in total. The second kappa shape index (κ2) is 6.22. The maximum Gasteiger partial charge on any atom is 0.323 e. The summed E-state index contributed by atoms with van der Waals surface area (Å²) in [4.78, 5) is 24.7. The van der Waals surface area contributed by atoms with Crippen molar-refractivity contribution in [3.8, 4) is 5.75 Å². The van der Waals surface area contributed by atoms with E-state index in [1.807, 2.05) is 18.2 Å². The predicted octanol–water partition coefficient (Wildman–Crippen LogP) is 2.24. The van der Waals surface area contributed by atoms with Gasteiger partial charge >= 0.3 is 11.9 Å². The Kier molecular flexibility index (Phi) is 4.54. The molecule has 2 rings (SSSR count). The van der Waals surface area contributed by atoms with Crippen LogP contribution in [0.4, 0.5) is 0 Å². The minimum atomic E-state index is -1.35. The lowest BCUT2D eigenvalue weighted by Crippen LogP contribution is -2.46. The molecule has 0 fully saturated rings. The first-order valence-electron chi connectivity index (χ1n) is 6.98. The number of allylic oxidation sites excluding steroid dienone is 1. The molecule has 0 amide bonds. The zero-order valence-corrected chi connectivity index (χ0v) is 13.0. The number of hydrogen-bond acceptors (Lipinski definition) is 5. The number of benzene rings is 1. The van der Waals surface area contributed by atoms with Gasteiger partial charge < -0.3 is 14.2 Å². The van der Waals surface area contributed by atoms with Crippen LogP contribution in [0.1, 0.15) is 23.5 Å². The molecule has 1 unspecified atom stereocenters. The molecular formula is C17H20O5. The van der Waals surface area contributed by atoms with Crippen LogP contribution in [0.25, 0.3) is 0 Å². The van der Waals surface area contributed by atoms with Crippen molar-refractivity contribution in [3.05, 3.63) is 42.0 Å². The average Bonchev–Trinajstić information content (AvgIpc) is 2.58. The van der Waals surface area contributed by atoms with Crippen molar-refractivity contribution in [2.75, 3.05) is 21.3 Å². The number of esters is 2. The second-order valence-electron chi connectivity index (χ2n) is 5.35. The van der Waals surface area contributed by atoms with Gasteiger partial charge in [-0.15, -0.1) is 6.58 Å². The molecule has 0 aliphatic heterocycles. The minimum absolute atomic E-state index is 0.132. The summed E-state index contributed by atoms with van der Waals surface area (Å²) in [5, 5.41) is 0. The van der Waals surface area contributed by atoms with E-state index < -0.39 is 17.4 Å². The fourth-order valence-electron chi connectivity index (χ4n) is 3.10. The van der Waals surface area contributed by atoms with E-state index >= 15 is 0 Å². The average molecular weight is 304 g/mol. The van der Waals surface area contributed by atoms with E-state index in [2.05, 4.69) is 6.58 Å². The summed E-state index contributed by atoms with van der Waals surface area (Å²) < 4.78 is 15.0. The molecule has 118 valence electrons. The van der Waals surface area contributed by atoms with Crippen molar-refractivity contribution in [1.82, 2.24) is 0 Å². The first-order valence-corrected chi connectivity index (χ1v) is 6.98. The van der Waals surface area contributed by atoms with Crippen LogP contribution in [-0.4, -0.2) is 33.3 Å². The van der Waals surface area contributed by atoms with E-state index in [1.165, 1.54) is 14.2 Å². The molecule has 22 heavy (non-hydrogen) atoms. The van der Waals surface area contributed by atoms with Crippen LogP contribution in [0.2, 0.25) is 0 Å². The van der Waals surface area contributed by atoms with E-state index in [4.69, 9.17) is 14.2 Å². The van der Waals surface area contributed by atoms with Crippen molar-refractivity contribution >= 4 is 11.9 Å². The first kappa shape index (κ1) is 16.1. The number of fused-ring (bicyclic) bond motifs is 1. The van der Waals surface area contributed by atoms with E-state index in [-0.39, 0.29) is 18.8 Å². The Morgan fingerprint density at radius 2 is 1.86 bits per heavy atom. The van der Waals surface area contributed by atoms with Gasteiger partial charge in [0.05, 0.1) is 21.3 Å². The Labute approximate surface area is 129 Å². The summed E-state index contributed by atoms with van der Waals surface area (Å²) in [5.74, 6) is -0.626. The third-order valence-corrected chi connectivity index (χ3v) is 4.25. The predicted molar refractivity (Wildman–Crippen MR) is 80.7 cm³/mol. The normalized spacial score (nSPS) is 18.8. The molecule has 0 bridgehead atoms. The summed E-state index contributed by atoms with van der Waals surface area (Å²) >= 11 is 0. The molecule has 1 aromatic rings. The largest absolute Gasteiger partial charge is 0.497 e. The molecule has 1 atom stereocenters. The van der Waals surface area contributed by atoms with Crippen LogP contribution >= 0.6 is 0 Å². The van der Waals surface area contributed by atoms with Gasteiger partial charge in [-0.05, 0) is 36.1 Å². The van der Waals surface area contributed by atoms with Crippen LogP contribution in [0.5, 0.6) is 5.75 Å². The fraction of sp³-hybridized carbons (Fsp3) is 0.412. The van der Waals surface area contributed by atoms with Crippen LogP contribution in [0.15, 0.2) is 30.9 Å². The molecular weight excluding hydrogens is 284 g/mol. The first-order chi connectivity index (χ1) is 10.5. The van der Waals surface area contributed by atoms with Gasteiger partial charge in [-0.3, -0.25) is 9.59 Å². The standard InChI is InChI=1S/C17H20O5/c1-5-11-9-17(15(18)21-3,16(19)22-4)10-12-8-13(20-2)6-7-14(11)12/h5-8,11H,1,9-10H2,2-4H3. The highest BCUT2D eigenvalue weighted by molar-refractivity contribution is 6.00. The quantitative estimate of drug-likeness (QED) is 0.485. The van der Waals surface area contributed by atoms with Crippen LogP contribution in [0, 0.1) is 5.41 Å². The van der Waals surface area contributed by atoms with Gasteiger partial charge in [0.25, 0.3) is 0 Å². The smallest absolute Gasteiger partial charge is 0.323 e. The zero-order chi connectivity index (χ0) is 16.3. The molecule has 5 heteroatoms. The Morgan fingerprint density at radius 3 is 2.36 bits per heavy atom. The van der Waals surface area contributed by atoms with E-state index in [0.717, 1.165) is 11.1 Å². The summed E-state index contributed by atoms with van der Waals surface area (Å²) in [6.45, 7) is 3.83. The molecule has 0 radical (unpaired) electrons. The molecule has 0 saturated heterocycles. The van der Waals surface area contributed by atoms with E-state index in [9.17, 15) is 9.59 Å². The molecule has 0 spiro atoms. The van der Waals surface area contributed by atoms with Crippen molar-refractivity contribution in [3.63, 3.8) is 0 Å². The van der Waals surface area contributed by atoms with Gasteiger partial charge in [-0.25, -0.2) is 0 Å². The lowest BCUT2D eigenvalue weighted by molar-refractivity contribution is -0.170. The zero-order valence-electron chi connectivity index (χ0n) is 13.0. The highest BCUT2D eigenvalue weighted by Gasteiger charge is 2.52. The second-order valence-corrected chi connectivity index (χ2v) is 5.35. The van der Waals surface area contributed by atoms with Crippen molar-refractivity contribution in [2.45, 2.75) is 18.8 Å². The third kappa shape index (κ3) is 2.47. The maximum absolute atomic E-state index is 12.3. The molecule has 1 aliphatic rings. The number of carbonyl (C=O) groups is 2. The Bertz CT molecular complexity index is 589. The SMILES string of the molecule is C=CC1CC(C(=O)OC)(C(=O)OC)Cc2cc(OC)ccc21. The van der Waals surface area contributed by atoms with Gasteiger partial charge in [0.15, 0.2) is 5.41 Å². The molecule has 0 saturated carbocycles. The minimum Gasteiger partial charge on any atom is -0.497 e. The molecule has 1 aliphatic carbocycles. The van der Waals surface area contributed by atoms with Gasteiger partial charge in [0, 0.05) is 5.92 Å². The summed E-state index contributed by atoms with van der Waals surface area (Å²) in [6.07, 6.45) is 2.25. The van der Waals surface area contributed by atoms with Crippen molar-refractivity contribution < 1.29 is 23.8 Å².